The lowest BCUT2D eigenvalue weighted by Gasteiger charge is -2.25. The van der Waals surface area contributed by atoms with Crippen molar-refractivity contribution in [2.45, 2.75) is 23.9 Å². The number of hydrogen-bond acceptors (Lipinski definition) is 5. The quantitative estimate of drug-likeness (QED) is 0.170. The molecule has 0 aliphatic heterocycles. The average Bonchev–Trinajstić information content (AvgIpc) is 3.01. The maximum absolute atomic E-state index is 13.7. The number of carbonyl (C=O) groups is 1. The van der Waals surface area contributed by atoms with E-state index >= 15 is 0 Å². The number of aliphatic imine (C=N–C) groups is 1. The van der Waals surface area contributed by atoms with Gasteiger partial charge in [-0.1, -0.05) is 115 Å². The first-order valence-corrected chi connectivity index (χ1v) is 14.7. The molecule has 5 rings (SSSR count). The fraction of sp³-hybridized carbons (Fsp3) is 0.118. The third-order valence-electron chi connectivity index (χ3n) is 6.87. The fourth-order valence-electron chi connectivity index (χ4n) is 4.70. The summed E-state index contributed by atoms with van der Waals surface area (Å²) in [5.41, 5.74) is 3.63. The number of esters is 1. The van der Waals surface area contributed by atoms with E-state index in [4.69, 9.17) is 9.73 Å². The van der Waals surface area contributed by atoms with Gasteiger partial charge < -0.3 is 4.74 Å². The molecule has 206 valence electrons. The summed E-state index contributed by atoms with van der Waals surface area (Å²) in [6, 6.07) is 36.6. The molecule has 5 aromatic carbocycles. The van der Waals surface area contributed by atoms with E-state index in [-0.39, 0.29) is 4.90 Å². The molecule has 0 aliphatic rings. The second-order valence-electron chi connectivity index (χ2n) is 9.70. The Morgan fingerprint density at radius 3 is 1.88 bits per heavy atom. The van der Waals surface area contributed by atoms with Crippen molar-refractivity contribution >= 4 is 32.5 Å². The highest BCUT2D eigenvalue weighted by molar-refractivity contribution is 7.89. The predicted octanol–water partition coefficient (Wildman–Crippen LogP) is 6.25. The van der Waals surface area contributed by atoms with Crippen LogP contribution in [0.2, 0.25) is 0 Å². The Balaban J connectivity index is 1.71. The monoisotopic (exact) mass is 562 g/mol. The standard InChI is InChI=1S/C34H30N2O4S/c1-24-17-21-30(22-18-24)41(38,39)36-32(29-20-19-25-11-9-10-16-28(25)23-29)33(34(37)40-2)35-31(26-12-5-3-6-13-26)27-14-7-4-8-15-27/h3-23,32-33,36H,1-2H3/t32-,33+/m1/s1. The van der Waals surface area contributed by atoms with Crippen molar-refractivity contribution in [3.8, 4) is 0 Å². The Hall–Kier alpha value is -4.59. The highest BCUT2D eigenvalue weighted by Crippen LogP contribution is 2.28. The lowest BCUT2D eigenvalue weighted by molar-refractivity contribution is -0.142. The Bertz CT molecular complexity index is 1740. The molecule has 41 heavy (non-hydrogen) atoms. The molecule has 0 aromatic heterocycles. The van der Waals surface area contributed by atoms with Gasteiger partial charge in [0, 0.05) is 11.1 Å². The van der Waals surface area contributed by atoms with Gasteiger partial charge in [0.2, 0.25) is 10.0 Å². The molecule has 0 spiro atoms. The van der Waals surface area contributed by atoms with Crippen LogP contribution in [0.25, 0.3) is 10.8 Å². The Kier molecular flexibility index (Phi) is 8.38. The Morgan fingerprint density at radius 1 is 0.732 bits per heavy atom. The number of methoxy groups -OCH3 is 1. The zero-order chi connectivity index (χ0) is 28.8. The third kappa shape index (κ3) is 6.43. The van der Waals surface area contributed by atoms with E-state index in [2.05, 4.69) is 4.72 Å². The van der Waals surface area contributed by atoms with E-state index in [0.717, 1.165) is 27.5 Å². The van der Waals surface area contributed by atoms with Crippen molar-refractivity contribution in [2.75, 3.05) is 7.11 Å². The fourth-order valence-corrected chi connectivity index (χ4v) is 5.93. The van der Waals surface area contributed by atoms with Crippen LogP contribution in [-0.4, -0.2) is 33.3 Å². The first-order chi connectivity index (χ1) is 19.9. The number of nitrogens with one attached hydrogen (secondary N) is 1. The molecule has 0 radical (unpaired) electrons. The molecule has 0 unspecified atom stereocenters. The van der Waals surface area contributed by atoms with Crippen LogP contribution in [0.3, 0.4) is 0 Å². The summed E-state index contributed by atoms with van der Waals surface area (Å²) in [7, 11) is -2.78. The molecule has 0 fully saturated rings. The summed E-state index contributed by atoms with van der Waals surface area (Å²) < 4.78 is 35.5. The summed E-state index contributed by atoms with van der Waals surface area (Å²) in [6.07, 6.45) is 0. The van der Waals surface area contributed by atoms with Crippen LogP contribution in [0.15, 0.2) is 137 Å². The zero-order valence-corrected chi connectivity index (χ0v) is 23.6. The Labute approximate surface area is 240 Å². The second-order valence-corrected chi connectivity index (χ2v) is 11.4. The zero-order valence-electron chi connectivity index (χ0n) is 22.8. The third-order valence-corrected chi connectivity index (χ3v) is 8.32. The van der Waals surface area contributed by atoms with E-state index in [0.29, 0.717) is 11.3 Å². The number of nitrogens with zero attached hydrogens (tertiary/aromatic N) is 1. The van der Waals surface area contributed by atoms with E-state index < -0.39 is 28.1 Å². The minimum absolute atomic E-state index is 0.0906. The van der Waals surface area contributed by atoms with Crippen LogP contribution in [0.1, 0.15) is 28.3 Å². The number of benzene rings is 5. The molecule has 0 saturated heterocycles. The van der Waals surface area contributed by atoms with Crippen molar-refractivity contribution in [2.24, 2.45) is 4.99 Å². The van der Waals surface area contributed by atoms with E-state index in [1.165, 1.54) is 7.11 Å². The molecule has 0 saturated carbocycles. The first-order valence-electron chi connectivity index (χ1n) is 13.2. The number of hydrogen-bond donors (Lipinski definition) is 1. The smallest absolute Gasteiger partial charge is 0.332 e. The van der Waals surface area contributed by atoms with Crippen LogP contribution in [0, 0.1) is 6.92 Å². The molecule has 0 bridgehead atoms. The van der Waals surface area contributed by atoms with Crippen molar-refractivity contribution in [1.82, 2.24) is 4.72 Å². The summed E-state index contributed by atoms with van der Waals surface area (Å²) >= 11 is 0. The molecule has 0 amide bonds. The highest BCUT2D eigenvalue weighted by Gasteiger charge is 2.35. The van der Waals surface area contributed by atoms with Crippen LogP contribution in [-0.2, 0) is 19.6 Å². The van der Waals surface area contributed by atoms with Gasteiger partial charge in [-0.3, -0.25) is 4.99 Å². The molecule has 0 heterocycles. The highest BCUT2D eigenvalue weighted by atomic mass is 32.2. The lowest BCUT2D eigenvalue weighted by atomic mass is 9.96. The maximum atomic E-state index is 13.7. The SMILES string of the molecule is COC(=O)[C@@H](N=C(c1ccccc1)c1ccccc1)[C@H](NS(=O)(=O)c1ccc(C)cc1)c1ccc2ccccc2c1. The van der Waals surface area contributed by atoms with Crippen LogP contribution >= 0.6 is 0 Å². The van der Waals surface area contributed by atoms with Gasteiger partial charge in [-0.05, 0) is 41.5 Å². The number of aryl methyl sites for hydroxylation is 1. The normalized spacial score (nSPS) is 12.8. The van der Waals surface area contributed by atoms with Crippen molar-refractivity contribution < 1.29 is 17.9 Å². The average molecular weight is 563 g/mol. The Morgan fingerprint density at radius 2 is 1.29 bits per heavy atom. The van der Waals surface area contributed by atoms with Gasteiger partial charge in [-0.15, -0.1) is 0 Å². The van der Waals surface area contributed by atoms with Gasteiger partial charge in [-0.2, -0.15) is 0 Å². The van der Waals surface area contributed by atoms with Crippen molar-refractivity contribution in [1.29, 1.82) is 0 Å². The van der Waals surface area contributed by atoms with Gasteiger partial charge >= 0.3 is 5.97 Å². The molecule has 2 atom stereocenters. The van der Waals surface area contributed by atoms with Gasteiger partial charge in [0.25, 0.3) is 0 Å². The van der Waals surface area contributed by atoms with Gasteiger partial charge in [-0.25, -0.2) is 17.9 Å². The number of ether oxygens (including phenoxy) is 1. The molecule has 6 nitrogen and oxygen atoms in total. The summed E-state index contributed by atoms with van der Waals surface area (Å²) in [4.78, 5) is 18.5. The van der Waals surface area contributed by atoms with Gasteiger partial charge in [0.05, 0.1) is 23.8 Å². The van der Waals surface area contributed by atoms with Gasteiger partial charge in [0.1, 0.15) is 0 Å². The molecule has 5 aromatic rings. The van der Waals surface area contributed by atoms with E-state index in [1.807, 2.05) is 110 Å². The van der Waals surface area contributed by atoms with Crippen molar-refractivity contribution in [3.63, 3.8) is 0 Å². The van der Waals surface area contributed by atoms with Crippen LogP contribution in [0.4, 0.5) is 0 Å². The van der Waals surface area contributed by atoms with E-state index in [9.17, 15) is 13.2 Å². The number of carbonyl (C=O) groups excluding carboxylic acids is 1. The second kappa shape index (κ2) is 12.3. The van der Waals surface area contributed by atoms with Crippen LogP contribution < -0.4 is 4.72 Å². The van der Waals surface area contributed by atoms with E-state index in [1.54, 1.807) is 24.3 Å². The minimum atomic E-state index is -4.06. The summed E-state index contributed by atoms with van der Waals surface area (Å²) in [5, 5.41) is 1.90. The topological polar surface area (TPSA) is 84.8 Å². The molecule has 7 heteroatoms. The number of sulfonamides is 1. The largest absolute Gasteiger partial charge is 0.467 e. The summed E-state index contributed by atoms with van der Waals surface area (Å²) in [6.45, 7) is 1.89. The maximum Gasteiger partial charge on any atom is 0.332 e. The van der Waals surface area contributed by atoms with Crippen LogP contribution in [0.5, 0.6) is 0 Å². The number of fused-ring (bicyclic) bond motifs is 1. The number of rotatable bonds is 9. The molecule has 0 aliphatic carbocycles. The summed E-state index contributed by atoms with van der Waals surface area (Å²) in [5.74, 6) is -0.667. The first kappa shape index (κ1) is 28.0. The predicted molar refractivity (Wildman–Crippen MR) is 163 cm³/mol. The molecule has 1 N–H and O–H groups in total. The lowest BCUT2D eigenvalue weighted by Crippen LogP contribution is -2.40. The minimum Gasteiger partial charge on any atom is -0.467 e. The molecular formula is C34H30N2O4S. The molecular weight excluding hydrogens is 532 g/mol. The van der Waals surface area contributed by atoms with Gasteiger partial charge in [0.15, 0.2) is 6.04 Å². The van der Waals surface area contributed by atoms with Crippen molar-refractivity contribution in [3.05, 3.63) is 150 Å².